The Morgan fingerprint density at radius 2 is 1.59 bits per heavy atom. The molecule has 0 spiro atoms. The fourth-order valence-corrected chi connectivity index (χ4v) is 3.28. The summed E-state index contributed by atoms with van der Waals surface area (Å²) in [4.78, 5) is 14.8. The third kappa shape index (κ3) is 2.00. The number of hydrogen-bond acceptors (Lipinski definition) is 1. The molecule has 0 aliphatic carbocycles. The summed E-state index contributed by atoms with van der Waals surface area (Å²) in [6.07, 6.45) is 4.18. The molecule has 2 aromatic rings. The maximum atomic E-state index is 12.9. The van der Waals surface area contributed by atoms with Gasteiger partial charge in [-0.25, -0.2) is 0 Å². The van der Waals surface area contributed by atoms with E-state index >= 15 is 0 Å². The van der Waals surface area contributed by atoms with Crippen molar-refractivity contribution in [2.24, 2.45) is 5.41 Å². The highest BCUT2D eigenvalue weighted by Crippen LogP contribution is 2.54. The van der Waals surface area contributed by atoms with Gasteiger partial charge < -0.3 is 4.90 Å². The second-order valence-corrected chi connectivity index (χ2v) is 5.56. The number of amides is 1. The average Bonchev–Trinajstić information content (AvgIpc) is 2.58. The van der Waals surface area contributed by atoms with E-state index in [0.717, 1.165) is 11.3 Å². The van der Waals surface area contributed by atoms with Gasteiger partial charge in [0.15, 0.2) is 0 Å². The van der Waals surface area contributed by atoms with E-state index in [1.54, 1.807) is 12.2 Å². The molecule has 0 saturated carbocycles. The highest BCUT2D eigenvalue weighted by molar-refractivity contribution is 6.07. The Kier molecular flexibility index (Phi) is 3.68. The van der Waals surface area contributed by atoms with Crippen LogP contribution in [-0.2, 0) is 4.79 Å². The summed E-state index contributed by atoms with van der Waals surface area (Å²) in [5.74, 6) is 0.0856. The molecule has 110 valence electrons. The van der Waals surface area contributed by atoms with Crippen molar-refractivity contribution in [1.29, 1.82) is 0 Å². The zero-order valence-corrected chi connectivity index (χ0v) is 12.5. The molecule has 0 radical (unpaired) electrons. The lowest BCUT2D eigenvalue weighted by Gasteiger charge is -2.55. The number of rotatable bonds is 5. The molecule has 3 rings (SSSR count). The van der Waals surface area contributed by atoms with Gasteiger partial charge in [-0.05, 0) is 24.1 Å². The first-order valence-electron chi connectivity index (χ1n) is 7.43. The number of nitrogens with zero attached hydrogens (tertiary/aromatic N) is 1. The SMILES string of the molecule is C=CC[C@@]1(C=C)C(=O)N(c2ccccc2)[C@@H]1c1ccccc1. The lowest BCUT2D eigenvalue weighted by molar-refractivity contribution is -0.136. The Bertz CT molecular complexity index is 692. The van der Waals surface area contributed by atoms with E-state index in [9.17, 15) is 4.79 Å². The lowest BCUT2D eigenvalue weighted by atomic mass is 9.65. The van der Waals surface area contributed by atoms with Gasteiger partial charge in [0.05, 0.1) is 11.5 Å². The van der Waals surface area contributed by atoms with Crippen molar-refractivity contribution in [3.63, 3.8) is 0 Å². The molecule has 1 fully saturated rings. The van der Waals surface area contributed by atoms with Gasteiger partial charge in [0.1, 0.15) is 0 Å². The molecule has 0 N–H and O–H groups in total. The van der Waals surface area contributed by atoms with Crippen LogP contribution in [0.4, 0.5) is 5.69 Å². The maximum Gasteiger partial charge on any atom is 0.240 e. The third-order valence-electron chi connectivity index (χ3n) is 4.36. The molecule has 0 unspecified atom stereocenters. The van der Waals surface area contributed by atoms with Gasteiger partial charge in [0.2, 0.25) is 5.91 Å². The molecule has 22 heavy (non-hydrogen) atoms. The molecule has 1 amide bonds. The van der Waals surface area contributed by atoms with Crippen molar-refractivity contribution in [2.45, 2.75) is 12.5 Å². The third-order valence-corrected chi connectivity index (χ3v) is 4.36. The molecule has 1 heterocycles. The first-order valence-corrected chi connectivity index (χ1v) is 7.43. The molecule has 1 saturated heterocycles. The van der Waals surface area contributed by atoms with Crippen molar-refractivity contribution in [3.05, 3.63) is 91.5 Å². The number of β-lactam (4-membered cyclic amide) rings is 1. The topological polar surface area (TPSA) is 20.3 Å². The lowest BCUT2D eigenvalue weighted by Crippen LogP contribution is -2.62. The molecule has 0 bridgehead atoms. The van der Waals surface area contributed by atoms with Crippen molar-refractivity contribution < 1.29 is 4.79 Å². The van der Waals surface area contributed by atoms with Crippen LogP contribution in [0.5, 0.6) is 0 Å². The molecule has 1 aliphatic heterocycles. The summed E-state index contributed by atoms with van der Waals surface area (Å²) in [7, 11) is 0. The average molecular weight is 289 g/mol. The van der Waals surface area contributed by atoms with Gasteiger partial charge in [-0.1, -0.05) is 60.7 Å². The summed E-state index contributed by atoms with van der Waals surface area (Å²) in [6.45, 7) is 7.75. The zero-order chi connectivity index (χ0) is 15.6. The van der Waals surface area contributed by atoms with E-state index < -0.39 is 5.41 Å². The van der Waals surface area contributed by atoms with Gasteiger partial charge in [0, 0.05) is 5.69 Å². The number of para-hydroxylation sites is 1. The van der Waals surface area contributed by atoms with Crippen LogP contribution in [0, 0.1) is 5.41 Å². The second-order valence-electron chi connectivity index (χ2n) is 5.56. The second kappa shape index (κ2) is 5.64. The summed E-state index contributed by atoms with van der Waals surface area (Å²) in [6, 6.07) is 19.9. The Hall–Kier alpha value is -2.61. The molecular weight excluding hydrogens is 270 g/mol. The van der Waals surface area contributed by atoms with Crippen molar-refractivity contribution in [2.75, 3.05) is 4.90 Å². The molecule has 0 aromatic heterocycles. The van der Waals surface area contributed by atoms with Crippen LogP contribution in [0.2, 0.25) is 0 Å². The Morgan fingerprint density at radius 1 is 1.00 bits per heavy atom. The quantitative estimate of drug-likeness (QED) is 0.585. The summed E-state index contributed by atoms with van der Waals surface area (Å²) in [5, 5.41) is 0. The maximum absolute atomic E-state index is 12.9. The van der Waals surface area contributed by atoms with Gasteiger partial charge in [-0.3, -0.25) is 4.79 Å². The summed E-state index contributed by atoms with van der Waals surface area (Å²) in [5.41, 5.74) is 1.44. The normalized spacial score (nSPS) is 23.7. The number of allylic oxidation sites excluding steroid dienone is 1. The van der Waals surface area contributed by atoms with Crippen molar-refractivity contribution in [1.82, 2.24) is 0 Å². The van der Waals surface area contributed by atoms with E-state index in [-0.39, 0.29) is 11.9 Å². The minimum Gasteiger partial charge on any atom is -0.303 e. The zero-order valence-electron chi connectivity index (χ0n) is 12.5. The van der Waals surface area contributed by atoms with Crippen molar-refractivity contribution in [3.8, 4) is 0 Å². The predicted octanol–water partition coefficient (Wildman–Crippen LogP) is 4.52. The van der Waals surface area contributed by atoms with E-state index in [2.05, 4.69) is 25.3 Å². The predicted molar refractivity (Wildman–Crippen MR) is 90.6 cm³/mol. The number of anilines is 1. The first kappa shape index (κ1) is 14.3. The number of carbonyl (C=O) groups excluding carboxylic acids is 1. The Balaban J connectivity index is 2.10. The minimum atomic E-state index is -0.598. The molecule has 1 aliphatic rings. The van der Waals surface area contributed by atoms with Crippen LogP contribution in [0.15, 0.2) is 86.0 Å². The van der Waals surface area contributed by atoms with E-state index in [4.69, 9.17) is 0 Å². The summed E-state index contributed by atoms with van der Waals surface area (Å²) < 4.78 is 0. The largest absolute Gasteiger partial charge is 0.303 e. The van der Waals surface area contributed by atoms with E-state index in [1.165, 1.54) is 0 Å². The summed E-state index contributed by atoms with van der Waals surface area (Å²) >= 11 is 0. The monoisotopic (exact) mass is 289 g/mol. The van der Waals surface area contributed by atoms with Crippen molar-refractivity contribution >= 4 is 11.6 Å². The van der Waals surface area contributed by atoms with E-state index in [0.29, 0.717) is 6.42 Å². The highest BCUT2D eigenvalue weighted by atomic mass is 16.2. The standard InChI is InChI=1S/C20H19NO/c1-3-15-20(4-2)18(16-11-7-5-8-12-16)21(19(20)22)17-13-9-6-10-14-17/h3-14,18H,1-2,15H2/t18-,20-/m1/s1. The number of benzene rings is 2. The van der Waals surface area contributed by atoms with Crippen LogP contribution >= 0.6 is 0 Å². The molecule has 2 aromatic carbocycles. The van der Waals surface area contributed by atoms with Crippen LogP contribution in [0.25, 0.3) is 0 Å². The first-order chi connectivity index (χ1) is 10.7. The van der Waals surface area contributed by atoms with Crippen LogP contribution < -0.4 is 4.90 Å². The van der Waals surface area contributed by atoms with Gasteiger partial charge in [0.25, 0.3) is 0 Å². The van der Waals surface area contributed by atoms with Gasteiger partial charge in [-0.15, -0.1) is 13.2 Å². The Labute approximate surface area is 131 Å². The van der Waals surface area contributed by atoms with Gasteiger partial charge in [-0.2, -0.15) is 0 Å². The smallest absolute Gasteiger partial charge is 0.240 e. The Morgan fingerprint density at radius 3 is 2.14 bits per heavy atom. The van der Waals surface area contributed by atoms with Crippen LogP contribution in [0.1, 0.15) is 18.0 Å². The van der Waals surface area contributed by atoms with Crippen LogP contribution in [-0.4, -0.2) is 5.91 Å². The van der Waals surface area contributed by atoms with E-state index in [1.807, 2.05) is 53.4 Å². The molecule has 2 heteroatoms. The highest BCUT2D eigenvalue weighted by Gasteiger charge is 2.58. The molecule has 2 atom stereocenters. The number of carbonyl (C=O) groups is 1. The minimum absolute atomic E-state index is 0.0425. The van der Waals surface area contributed by atoms with Gasteiger partial charge >= 0.3 is 0 Å². The fraction of sp³-hybridized carbons (Fsp3) is 0.150. The fourth-order valence-electron chi connectivity index (χ4n) is 3.28. The number of hydrogen-bond donors (Lipinski definition) is 0. The molecular formula is C20H19NO. The van der Waals surface area contributed by atoms with Crippen LogP contribution in [0.3, 0.4) is 0 Å². The molecule has 2 nitrogen and oxygen atoms in total.